The molecule has 0 bridgehead atoms. The smallest absolute Gasteiger partial charge is 0.0278 e. The van der Waals surface area contributed by atoms with Crippen molar-refractivity contribution >= 4 is 0 Å². The summed E-state index contributed by atoms with van der Waals surface area (Å²) >= 11 is 0. The highest BCUT2D eigenvalue weighted by Gasteiger charge is 2.54. The predicted molar refractivity (Wildman–Crippen MR) is 67.5 cm³/mol. The van der Waals surface area contributed by atoms with E-state index in [4.69, 9.17) is 0 Å². The normalized spacial score (nSPS) is 38.6. The summed E-state index contributed by atoms with van der Waals surface area (Å²) in [5.41, 5.74) is 1.16. The van der Waals surface area contributed by atoms with Crippen LogP contribution in [0.25, 0.3) is 0 Å². The van der Waals surface area contributed by atoms with Gasteiger partial charge in [0.2, 0.25) is 0 Å². The monoisotopic (exact) mass is 222 g/mol. The van der Waals surface area contributed by atoms with E-state index >= 15 is 0 Å². The molecular weight excluding hydrogens is 196 g/mol. The van der Waals surface area contributed by atoms with E-state index in [2.05, 4.69) is 24.1 Å². The fourth-order valence-electron chi connectivity index (χ4n) is 3.51. The van der Waals surface area contributed by atoms with E-state index in [1.54, 1.807) is 0 Å². The van der Waals surface area contributed by atoms with Crippen molar-refractivity contribution in [3.8, 4) is 0 Å². The molecule has 0 radical (unpaired) electrons. The van der Waals surface area contributed by atoms with Crippen molar-refractivity contribution in [1.82, 2.24) is 10.2 Å². The highest BCUT2D eigenvalue weighted by molar-refractivity contribution is 5.06. The van der Waals surface area contributed by atoms with Gasteiger partial charge in [-0.1, -0.05) is 6.92 Å². The van der Waals surface area contributed by atoms with Gasteiger partial charge in [-0.3, -0.25) is 4.90 Å². The third-order valence-corrected chi connectivity index (χ3v) is 5.21. The topological polar surface area (TPSA) is 15.3 Å². The average molecular weight is 222 g/mol. The molecule has 92 valence electrons. The van der Waals surface area contributed by atoms with Crippen molar-refractivity contribution in [3.63, 3.8) is 0 Å². The first-order valence-electron chi connectivity index (χ1n) is 7.13. The van der Waals surface area contributed by atoms with Crippen molar-refractivity contribution in [1.29, 1.82) is 0 Å². The maximum atomic E-state index is 3.68. The first kappa shape index (κ1) is 11.0. The molecule has 1 N–H and O–H groups in total. The van der Waals surface area contributed by atoms with Crippen LogP contribution in [0.1, 0.15) is 46.0 Å². The Hall–Kier alpha value is -0.0800. The van der Waals surface area contributed by atoms with Gasteiger partial charge >= 0.3 is 0 Å². The molecule has 2 nitrogen and oxygen atoms in total. The van der Waals surface area contributed by atoms with Crippen LogP contribution in [0.2, 0.25) is 0 Å². The minimum atomic E-state index is 0.373. The van der Waals surface area contributed by atoms with Gasteiger partial charge in [-0.05, 0) is 50.4 Å². The Labute approximate surface area is 99.8 Å². The Kier molecular flexibility index (Phi) is 2.56. The molecule has 3 aliphatic rings. The summed E-state index contributed by atoms with van der Waals surface area (Å²) < 4.78 is 0. The fraction of sp³-hybridized carbons (Fsp3) is 1.00. The van der Waals surface area contributed by atoms with Crippen molar-refractivity contribution in [3.05, 3.63) is 0 Å². The highest BCUT2D eigenvalue weighted by Crippen LogP contribution is 2.61. The number of piperazine rings is 1. The zero-order valence-corrected chi connectivity index (χ0v) is 10.9. The summed E-state index contributed by atoms with van der Waals surface area (Å²) in [6.07, 6.45) is 7.34. The van der Waals surface area contributed by atoms with Crippen LogP contribution in [0.4, 0.5) is 0 Å². The Morgan fingerprint density at radius 2 is 2.06 bits per heavy atom. The van der Waals surface area contributed by atoms with Crippen LogP contribution in [0, 0.1) is 11.3 Å². The van der Waals surface area contributed by atoms with Gasteiger partial charge in [-0.15, -0.1) is 0 Å². The van der Waals surface area contributed by atoms with Gasteiger partial charge in [0, 0.05) is 31.7 Å². The van der Waals surface area contributed by atoms with Gasteiger partial charge in [0.25, 0.3) is 0 Å². The van der Waals surface area contributed by atoms with Crippen LogP contribution < -0.4 is 5.32 Å². The van der Waals surface area contributed by atoms with Crippen LogP contribution in [0.3, 0.4) is 0 Å². The molecule has 2 saturated carbocycles. The molecule has 1 atom stereocenters. The molecule has 2 aliphatic carbocycles. The van der Waals surface area contributed by atoms with Crippen LogP contribution in [0.5, 0.6) is 0 Å². The van der Waals surface area contributed by atoms with Crippen LogP contribution in [-0.4, -0.2) is 36.6 Å². The highest BCUT2D eigenvalue weighted by atomic mass is 15.2. The summed E-state index contributed by atoms with van der Waals surface area (Å²) in [6.45, 7) is 9.81. The lowest BCUT2D eigenvalue weighted by molar-refractivity contribution is 0.111. The summed E-state index contributed by atoms with van der Waals surface area (Å²) in [7, 11) is 0. The molecule has 1 saturated heterocycles. The number of hydrogen-bond acceptors (Lipinski definition) is 2. The second kappa shape index (κ2) is 3.71. The van der Waals surface area contributed by atoms with E-state index in [0.29, 0.717) is 5.54 Å². The number of rotatable bonds is 4. The molecule has 0 aromatic heterocycles. The molecule has 3 fully saturated rings. The van der Waals surface area contributed by atoms with E-state index in [1.165, 1.54) is 58.3 Å². The number of hydrogen-bond donors (Lipinski definition) is 1. The molecule has 1 unspecified atom stereocenters. The molecule has 2 heteroatoms. The molecule has 16 heavy (non-hydrogen) atoms. The third kappa shape index (κ3) is 2.02. The number of nitrogens with zero attached hydrogens (tertiary/aromatic N) is 1. The Morgan fingerprint density at radius 1 is 1.31 bits per heavy atom. The van der Waals surface area contributed by atoms with Gasteiger partial charge in [0.05, 0.1) is 0 Å². The first-order valence-corrected chi connectivity index (χ1v) is 7.13. The van der Waals surface area contributed by atoms with Gasteiger partial charge < -0.3 is 5.32 Å². The molecule has 1 heterocycles. The predicted octanol–water partition coefficient (Wildman–Crippen LogP) is 2.25. The van der Waals surface area contributed by atoms with Crippen molar-refractivity contribution in [2.45, 2.75) is 51.5 Å². The molecule has 0 aromatic rings. The van der Waals surface area contributed by atoms with Crippen LogP contribution in [-0.2, 0) is 0 Å². The van der Waals surface area contributed by atoms with Crippen molar-refractivity contribution < 1.29 is 0 Å². The van der Waals surface area contributed by atoms with E-state index in [-0.39, 0.29) is 0 Å². The zero-order chi connectivity index (χ0) is 11.2. The first-order chi connectivity index (χ1) is 7.66. The second-order valence-corrected chi connectivity index (χ2v) is 6.69. The van der Waals surface area contributed by atoms with Gasteiger partial charge in [-0.25, -0.2) is 0 Å². The molecule has 0 spiro atoms. The van der Waals surface area contributed by atoms with Crippen LogP contribution >= 0.6 is 0 Å². The van der Waals surface area contributed by atoms with E-state index in [1.807, 2.05) is 0 Å². The molecular formula is C14H26N2. The van der Waals surface area contributed by atoms with E-state index < -0.39 is 0 Å². The average Bonchev–Trinajstić information content (AvgIpc) is 3.11. The van der Waals surface area contributed by atoms with Gasteiger partial charge in [0.1, 0.15) is 0 Å². The fourth-order valence-corrected chi connectivity index (χ4v) is 3.51. The summed E-state index contributed by atoms with van der Waals surface area (Å²) in [5.74, 6) is 1.11. The zero-order valence-electron chi connectivity index (χ0n) is 10.9. The van der Waals surface area contributed by atoms with Gasteiger partial charge in [-0.2, -0.15) is 0 Å². The Balaban J connectivity index is 1.58. The number of nitrogens with one attached hydrogen (secondary N) is 1. The Bertz CT molecular complexity index is 268. The molecule has 0 amide bonds. The van der Waals surface area contributed by atoms with Crippen LogP contribution in [0.15, 0.2) is 0 Å². The Morgan fingerprint density at radius 3 is 2.62 bits per heavy atom. The lowest BCUT2D eigenvalue weighted by Crippen LogP contribution is -2.59. The van der Waals surface area contributed by atoms with E-state index in [9.17, 15) is 0 Å². The van der Waals surface area contributed by atoms with Gasteiger partial charge in [0.15, 0.2) is 0 Å². The summed E-state index contributed by atoms with van der Waals surface area (Å²) in [6, 6.07) is 0. The summed E-state index contributed by atoms with van der Waals surface area (Å²) in [5, 5.41) is 3.68. The standard InChI is InChI=1S/C14H26N2/c1-3-13(2)10-16(9-8-15-13)11-14(6-7-14)12-4-5-12/h12,15H,3-11H2,1-2H3. The summed E-state index contributed by atoms with van der Waals surface area (Å²) in [4.78, 5) is 2.74. The molecule has 1 aliphatic heterocycles. The minimum absolute atomic E-state index is 0.373. The maximum Gasteiger partial charge on any atom is 0.0278 e. The van der Waals surface area contributed by atoms with Crippen molar-refractivity contribution in [2.24, 2.45) is 11.3 Å². The lowest BCUT2D eigenvalue weighted by atomic mass is 9.93. The van der Waals surface area contributed by atoms with E-state index in [0.717, 1.165) is 11.3 Å². The SMILES string of the molecule is CCC1(C)CN(CC2(C3CC3)CC2)CCN1. The third-order valence-electron chi connectivity index (χ3n) is 5.21. The molecule has 0 aromatic carbocycles. The minimum Gasteiger partial charge on any atom is -0.309 e. The largest absolute Gasteiger partial charge is 0.309 e. The maximum absolute atomic E-state index is 3.68. The van der Waals surface area contributed by atoms with Crippen molar-refractivity contribution in [2.75, 3.05) is 26.2 Å². The lowest BCUT2D eigenvalue weighted by Gasteiger charge is -2.42. The molecule has 3 rings (SSSR count). The second-order valence-electron chi connectivity index (χ2n) is 6.69. The quantitative estimate of drug-likeness (QED) is 0.785.